The summed E-state index contributed by atoms with van der Waals surface area (Å²) in [5.41, 5.74) is 0.381. The Bertz CT molecular complexity index is 992. The Hall–Kier alpha value is -2.23. The van der Waals surface area contributed by atoms with Gasteiger partial charge >= 0.3 is 5.97 Å². The van der Waals surface area contributed by atoms with Crippen LogP contribution in [0.5, 0.6) is 0 Å². The van der Waals surface area contributed by atoms with E-state index in [1.54, 1.807) is 24.3 Å². The average molecular weight is 530 g/mol. The summed E-state index contributed by atoms with van der Waals surface area (Å²) in [5.74, 6) is -1.78. The van der Waals surface area contributed by atoms with Gasteiger partial charge in [0.15, 0.2) is 5.78 Å². The number of esters is 1. The third kappa shape index (κ3) is 6.62. The predicted molar refractivity (Wildman–Crippen MR) is 124 cm³/mol. The van der Waals surface area contributed by atoms with E-state index in [2.05, 4.69) is 26.6 Å². The van der Waals surface area contributed by atoms with Crippen LogP contribution in [0, 0.1) is 5.92 Å². The van der Waals surface area contributed by atoms with Gasteiger partial charge in [-0.05, 0) is 30.5 Å². The van der Waals surface area contributed by atoms with E-state index < -0.39 is 23.7 Å². The Kier molecular flexibility index (Phi) is 9.21. The first-order valence-electron chi connectivity index (χ1n) is 9.35. The fourth-order valence-electron chi connectivity index (χ4n) is 2.77. The molecule has 166 valence electrons. The number of hydrogen-bond acceptors (Lipinski definition) is 6. The molecule has 0 fully saturated rings. The molecule has 0 aliphatic carbocycles. The Balaban J connectivity index is 2.40. The van der Waals surface area contributed by atoms with E-state index in [4.69, 9.17) is 16.3 Å². The number of methoxy groups -OCH3 is 1. The molecule has 0 saturated carbocycles. The Labute approximate surface area is 197 Å². The van der Waals surface area contributed by atoms with Gasteiger partial charge in [-0.2, -0.15) is 0 Å². The smallest absolute Gasteiger partial charge is 0.328 e. The van der Waals surface area contributed by atoms with Gasteiger partial charge in [0.1, 0.15) is 11.0 Å². The monoisotopic (exact) mass is 528 g/mol. The van der Waals surface area contributed by atoms with E-state index >= 15 is 0 Å². The van der Waals surface area contributed by atoms with Crippen LogP contribution in [0.2, 0.25) is 5.02 Å². The second-order valence-electron chi connectivity index (χ2n) is 7.02. The molecule has 2 N–H and O–H groups in total. The van der Waals surface area contributed by atoms with Crippen molar-refractivity contribution in [3.05, 3.63) is 51.4 Å². The summed E-state index contributed by atoms with van der Waals surface area (Å²) >= 11 is 10.1. The molecule has 7 nitrogen and oxygen atoms in total. The quantitative estimate of drug-likeness (QED) is 0.287. The highest BCUT2D eigenvalue weighted by Crippen LogP contribution is 2.32. The number of anilines is 1. The molecule has 0 unspecified atom stereocenters. The molecular weight excluding hydrogens is 508 g/mol. The summed E-state index contributed by atoms with van der Waals surface area (Å²) in [7, 11) is 1.25. The lowest BCUT2D eigenvalue weighted by Gasteiger charge is -2.17. The Morgan fingerprint density at radius 3 is 2.42 bits per heavy atom. The van der Waals surface area contributed by atoms with Crippen LogP contribution in [0.3, 0.4) is 0 Å². The van der Waals surface area contributed by atoms with Gasteiger partial charge in [0.05, 0.1) is 27.9 Å². The normalized spacial score (nSPS) is 11.7. The van der Waals surface area contributed by atoms with E-state index in [0.717, 1.165) is 11.3 Å². The first kappa shape index (κ1) is 25.0. The molecular formula is C21H22BrClN2O5S. The molecule has 10 heteroatoms. The number of alkyl halides is 1. The number of ketones is 1. The molecule has 0 spiro atoms. The SMILES string of the molecule is COC(=O)[C@H](CC(C)C)NC(=O)c1cc(C(=O)c2ccccc2Cl)c(NC(=O)CBr)s1. The topological polar surface area (TPSA) is 102 Å². The van der Waals surface area contributed by atoms with Crippen LogP contribution < -0.4 is 10.6 Å². The second kappa shape index (κ2) is 11.4. The average Bonchev–Trinajstić information content (AvgIpc) is 3.15. The molecule has 1 atom stereocenters. The highest BCUT2D eigenvalue weighted by atomic mass is 79.9. The molecule has 0 bridgehead atoms. The molecule has 0 radical (unpaired) electrons. The van der Waals surface area contributed by atoms with E-state index in [0.29, 0.717) is 6.42 Å². The Morgan fingerprint density at radius 1 is 1.16 bits per heavy atom. The maximum atomic E-state index is 13.1. The number of halogens is 2. The fraction of sp³-hybridized carbons (Fsp3) is 0.333. The van der Waals surface area contributed by atoms with Gasteiger partial charge in [0.25, 0.3) is 5.91 Å². The van der Waals surface area contributed by atoms with E-state index in [9.17, 15) is 19.2 Å². The lowest BCUT2D eigenvalue weighted by Crippen LogP contribution is -2.42. The van der Waals surface area contributed by atoms with Gasteiger partial charge in [0, 0.05) is 5.56 Å². The number of carbonyl (C=O) groups is 4. The zero-order chi connectivity index (χ0) is 23.1. The van der Waals surface area contributed by atoms with Crippen LogP contribution in [-0.2, 0) is 14.3 Å². The van der Waals surface area contributed by atoms with Crippen molar-refractivity contribution in [3.63, 3.8) is 0 Å². The number of benzene rings is 1. The maximum absolute atomic E-state index is 13.1. The molecule has 0 aliphatic rings. The number of ether oxygens (including phenoxy) is 1. The number of amides is 2. The van der Waals surface area contributed by atoms with Crippen molar-refractivity contribution in [2.24, 2.45) is 5.92 Å². The zero-order valence-corrected chi connectivity index (χ0v) is 20.3. The first-order valence-corrected chi connectivity index (χ1v) is 11.7. The van der Waals surface area contributed by atoms with Gasteiger partial charge in [0.2, 0.25) is 5.91 Å². The highest BCUT2D eigenvalue weighted by Gasteiger charge is 2.27. The van der Waals surface area contributed by atoms with Crippen molar-refractivity contribution in [1.82, 2.24) is 5.32 Å². The van der Waals surface area contributed by atoms with Crippen molar-refractivity contribution in [1.29, 1.82) is 0 Å². The number of carbonyl (C=O) groups excluding carboxylic acids is 4. The van der Waals surface area contributed by atoms with Crippen molar-refractivity contribution < 1.29 is 23.9 Å². The van der Waals surface area contributed by atoms with Crippen LogP contribution in [0.1, 0.15) is 45.9 Å². The number of hydrogen-bond donors (Lipinski definition) is 2. The van der Waals surface area contributed by atoms with E-state index in [1.165, 1.54) is 13.2 Å². The number of nitrogens with one attached hydrogen (secondary N) is 2. The minimum absolute atomic E-state index is 0.0188. The van der Waals surface area contributed by atoms with Gasteiger partial charge in [-0.15, -0.1) is 11.3 Å². The van der Waals surface area contributed by atoms with Crippen molar-refractivity contribution in [3.8, 4) is 0 Å². The van der Waals surface area contributed by atoms with Crippen molar-refractivity contribution in [2.45, 2.75) is 26.3 Å². The molecule has 2 amide bonds. The molecule has 1 aromatic carbocycles. The third-order valence-corrected chi connectivity index (χ3v) is 6.08. The van der Waals surface area contributed by atoms with Gasteiger partial charge in [-0.1, -0.05) is 53.5 Å². The molecule has 31 heavy (non-hydrogen) atoms. The molecule has 1 heterocycles. The zero-order valence-electron chi connectivity index (χ0n) is 17.2. The number of rotatable bonds is 9. The summed E-state index contributed by atoms with van der Waals surface area (Å²) in [4.78, 5) is 50.0. The standard InChI is InChI=1S/C21H22BrClN2O5S/c1-11(2)8-15(21(29)30-3)24-19(28)16-9-13(20(31-16)25-17(26)10-22)18(27)12-6-4-5-7-14(12)23/h4-7,9,11,15H,8,10H2,1-3H3,(H,24,28)(H,25,26)/t15-/m0/s1. The van der Waals surface area contributed by atoms with E-state index in [-0.39, 0.29) is 43.2 Å². The first-order chi connectivity index (χ1) is 14.7. The molecule has 0 aliphatic heterocycles. The van der Waals surface area contributed by atoms with Crippen LogP contribution >= 0.6 is 38.9 Å². The minimum Gasteiger partial charge on any atom is -0.467 e. The van der Waals surface area contributed by atoms with Crippen LogP contribution in [0.4, 0.5) is 5.00 Å². The molecule has 0 saturated heterocycles. The lowest BCUT2D eigenvalue weighted by molar-refractivity contribution is -0.143. The Morgan fingerprint density at radius 2 is 1.84 bits per heavy atom. The summed E-state index contributed by atoms with van der Waals surface area (Å²) in [6.45, 7) is 3.84. The summed E-state index contributed by atoms with van der Waals surface area (Å²) in [6.07, 6.45) is 0.391. The minimum atomic E-state index is -0.831. The maximum Gasteiger partial charge on any atom is 0.328 e. The van der Waals surface area contributed by atoms with Crippen molar-refractivity contribution in [2.75, 3.05) is 17.8 Å². The summed E-state index contributed by atoms with van der Waals surface area (Å²) in [6, 6.07) is 7.07. The summed E-state index contributed by atoms with van der Waals surface area (Å²) < 4.78 is 4.77. The molecule has 2 aromatic rings. The van der Waals surface area contributed by atoms with Crippen LogP contribution in [0.25, 0.3) is 0 Å². The lowest BCUT2D eigenvalue weighted by atomic mass is 10.0. The highest BCUT2D eigenvalue weighted by molar-refractivity contribution is 9.09. The predicted octanol–water partition coefficient (Wildman–Crippen LogP) is 4.28. The summed E-state index contributed by atoms with van der Waals surface area (Å²) in [5, 5.41) is 5.77. The van der Waals surface area contributed by atoms with Gasteiger partial charge < -0.3 is 15.4 Å². The number of thiophene rings is 1. The second-order valence-corrected chi connectivity index (χ2v) is 9.04. The third-order valence-electron chi connectivity index (χ3n) is 4.19. The van der Waals surface area contributed by atoms with Crippen LogP contribution in [0.15, 0.2) is 30.3 Å². The molecule has 2 rings (SSSR count). The fourth-order valence-corrected chi connectivity index (χ4v) is 4.11. The van der Waals surface area contributed by atoms with Gasteiger partial charge in [-0.25, -0.2) is 4.79 Å². The van der Waals surface area contributed by atoms with E-state index in [1.807, 2.05) is 13.8 Å². The largest absolute Gasteiger partial charge is 0.467 e. The van der Waals surface area contributed by atoms with Crippen LogP contribution in [-0.4, -0.2) is 42.0 Å². The van der Waals surface area contributed by atoms with Gasteiger partial charge in [-0.3, -0.25) is 14.4 Å². The van der Waals surface area contributed by atoms with Crippen molar-refractivity contribution >= 4 is 67.4 Å². The molecule has 1 aromatic heterocycles.